The molecule has 0 atom stereocenters. The molecule has 0 amide bonds. The summed E-state index contributed by atoms with van der Waals surface area (Å²) in [7, 11) is 0. The van der Waals surface area contributed by atoms with Gasteiger partial charge in [0.1, 0.15) is 0 Å². The number of benzene rings is 2. The van der Waals surface area contributed by atoms with Gasteiger partial charge >= 0.3 is 0 Å². The van der Waals surface area contributed by atoms with Crippen molar-refractivity contribution >= 4 is 40.1 Å². The van der Waals surface area contributed by atoms with Crippen LogP contribution in [0.25, 0.3) is 10.8 Å². The number of allylic oxidation sites excluding steroid dienone is 1. The van der Waals surface area contributed by atoms with Crippen LogP contribution in [0.4, 0.5) is 0 Å². The standard InChI is InChI=1S/C15H12OS2/c16-14(10-15-17-7-8-18-15)13-6-5-11-3-1-2-4-12(11)9-13/h1-6,9-10H,7-8H2. The van der Waals surface area contributed by atoms with Crippen LogP contribution < -0.4 is 0 Å². The molecule has 3 rings (SSSR count). The van der Waals surface area contributed by atoms with Crippen LogP contribution in [-0.2, 0) is 0 Å². The van der Waals surface area contributed by atoms with Gasteiger partial charge in [0.15, 0.2) is 5.78 Å². The van der Waals surface area contributed by atoms with Gasteiger partial charge in [0.2, 0.25) is 0 Å². The predicted molar refractivity (Wildman–Crippen MR) is 81.3 cm³/mol. The zero-order chi connectivity index (χ0) is 12.4. The molecule has 0 bridgehead atoms. The van der Waals surface area contributed by atoms with Crippen molar-refractivity contribution in [3.63, 3.8) is 0 Å². The minimum absolute atomic E-state index is 0.109. The highest BCUT2D eigenvalue weighted by atomic mass is 32.2. The van der Waals surface area contributed by atoms with Crippen molar-refractivity contribution in [2.45, 2.75) is 0 Å². The highest BCUT2D eigenvalue weighted by molar-refractivity contribution is 8.25. The van der Waals surface area contributed by atoms with E-state index in [2.05, 4.69) is 6.07 Å². The molecule has 18 heavy (non-hydrogen) atoms. The predicted octanol–water partition coefficient (Wildman–Crippen LogP) is 4.34. The lowest BCUT2D eigenvalue weighted by Gasteiger charge is -2.01. The summed E-state index contributed by atoms with van der Waals surface area (Å²) in [6.45, 7) is 0. The molecule has 1 aliphatic rings. The third-order valence-electron chi connectivity index (χ3n) is 2.85. The van der Waals surface area contributed by atoms with Crippen molar-refractivity contribution in [3.05, 3.63) is 58.3 Å². The zero-order valence-electron chi connectivity index (χ0n) is 9.76. The SMILES string of the molecule is O=C(C=C1SCCS1)c1ccc2ccccc2c1. The maximum absolute atomic E-state index is 12.1. The number of hydrogen-bond acceptors (Lipinski definition) is 3. The van der Waals surface area contributed by atoms with E-state index in [9.17, 15) is 4.79 Å². The molecule has 0 unspecified atom stereocenters. The third kappa shape index (κ3) is 2.47. The van der Waals surface area contributed by atoms with Gasteiger partial charge in [-0.2, -0.15) is 0 Å². The summed E-state index contributed by atoms with van der Waals surface area (Å²) in [5.74, 6) is 2.33. The van der Waals surface area contributed by atoms with Crippen LogP contribution in [0.15, 0.2) is 52.8 Å². The summed E-state index contributed by atoms with van der Waals surface area (Å²) in [6, 6.07) is 14.0. The molecular formula is C15H12OS2. The summed E-state index contributed by atoms with van der Waals surface area (Å²) < 4.78 is 1.15. The molecule has 0 radical (unpaired) electrons. The number of carbonyl (C=O) groups is 1. The van der Waals surface area contributed by atoms with E-state index in [4.69, 9.17) is 0 Å². The molecule has 1 saturated heterocycles. The van der Waals surface area contributed by atoms with Crippen LogP contribution >= 0.6 is 23.5 Å². The van der Waals surface area contributed by atoms with E-state index in [0.717, 1.165) is 26.7 Å². The summed E-state index contributed by atoms with van der Waals surface area (Å²) in [5, 5.41) is 2.29. The second-order valence-electron chi connectivity index (χ2n) is 4.09. The van der Waals surface area contributed by atoms with E-state index in [1.807, 2.05) is 36.4 Å². The highest BCUT2D eigenvalue weighted by Gasteiger charge is 2.11. The van der Waals surface area contributed by atoms with E-state index in [1.54, 1.807) is 29.6 Å². The summed E-state index contributed by atoms with van der Waals surface area (Å²) in [5.41, 5.74) is 0.773. The Morgan fingerprint density at radius 1 is 1.00 bits per heavy atom. The van der Waals surface area contributed by atoms with Crippen molar-refractivity contribution in [1.82, 2.24) is 0 Å². The fraction of sp³-hybridized carbons (Fsp3) is 0.133. The first-order valence-electron chi connectivity index (χ1n) is 5.83. The first-order valence-corrected chi connectivity index (χ1v) is 7.80. The number of rotatable bonds is 2. The number of ketones is 1. The highest BCUT2D eigenvalue weighted by Crippen LogP contribution is 2.36. The fourth-order valence-electron chi connectivity index (χ4n) is 1.94. The monoisotopic (exact) mass is 272 g/mol. The maximum atomic E-state index is 12.1. The number of carbonyl (C=O) groups excluding carboxylic acids is 1. The van der Waals surface area contributed by atoms with Gasteiger partial charge in [-0.1, -0.05) is 36.4 Å². The van der Waals surface area contributed by atoms with Gasteiger partial charge in [-0.3, -0.25) is 4.79 Å². The van der Waals surface area contributed by atoms with Gasteiger partial charge in [0.05, 0.1) is 0 Å². The molecule has 0 spiro atoms. The molecule has 1 fully saturated rings. The Morgan fingerprint density at radius 3 is 2.50 bits per heavy atom. The lowest BCUT2D eigenvalue weighted by Crippen LogP contribution is -1.94. The van der Waals surface area contributed by atoms with Gasteiger partial charge < -0.3 is 0 Å². The van der Waals surface area contributed by atoms with Crippen molar-refractivity contribution in [2.24, 2.45) is 0 Å². The van der Waals surface area contributed by atoms with E-state index < -0.39 is 0 Å². The summed E-state index contributed by atoms with van der Waals surface area (Å²) in [6.07, 6.45) is 1.77. The number of thioether (sulfide) groups is 2. The van der Waals surface area contributed by atoms with Crippen molar-refractivity contribution in [2.75, 3.05) is 11.5 Å². The Morgan fingerprint density at radius 2 is 1.72 bits per heavy atom. The molecule has 1 heterocycles. The van der Waals surface area contributed by atoms with Crippen molar-refractivity contribution < 1.29 is 4.79 Å². The lowest BCUT2D eigenvalue weighted by atomic mass is 10.0. The molecule has 0 aromatic heterocycles. The molecule has 1 aliphatic heterocycles. The van der Waals surface area contributed by atoms with Gasteiger partial charge in [-0.05, 0) is 16.8 Å². The van der Waals surface area contributed by atoms with Crippen molar-refractivity contribution in [3.8, 4) is 0 Å². The molecule has 90 valence electrons. The second kappa shape index (κ2) is 5.21. The van der Waals surface area contributed by atoms with E-state index >= 15 is 0 Å². The minimum atomic E-state index is 0.109. The lowest BCUT2D eigenvalue weighted by molar-refractivity contribution is 0.104. The zero-order valence-corrected chi connectivity index (χ0v) is 11.4. The average Bonchev–Trinajstić information content (AvgIpc) is 2.91. The fourth-order valence-corrected chi connectivity index (χ4v) is 4.23. The Kier molecular flexibility index (Phi) is 3.43. The Balaban J connectivity index is 1.94. The van der Waals surface area contributed by atoms with Gasteiger partial charge in [-0.15, -0.1) is 23.5 Å². The summed E-state index contributed by atoms with van der Waals surface area (Å²) in [4.78, 5) is 12.1. The molecule has 1 nitrogen and oxygen atoms in total. The summed E-state index contributed by atoms with van der Waals surface area (Å²) >= 11 is 3.54. The average molecular weight is 272 g/mol. The quantitative estimate of drug-likeness (QED) is 0.598. The Hall–Kier alpha value is -1.19. The number of hydrogen-bond donors (Lipinski definition) is 0. The van der Waals surface area contributed by atoms with Gasteiger partial charge in [0, 0.05) is 27.4 Å². The molecule has 3 heteroatoms. The largest absolute Gasteiger partial charge is 0.289 e. The van der Waals surface area contributed by atoms with Crippen LogP contribution in [0.3, 0.4) is 0 Å². The second-order valence-corrected chi connectivity index (χ2v) is 6.62. The first-order chi connectivity index (χ1) is 8.83. The van der Waals surface area contributed by atoms with Crippen LogP contribution in [-0.4, -0.2) is 17.3 Å². The molecular weight excluding hydrogens is 260 g/mol. The van der Waals surface area contributed by atoms with Gasteiger partial charge in [0.25, 0.3) is 0 Å². The Labute approximate surface area is 115 Å². The first kappa shape index (κ1) is 11.9. The number of fused-ring (bicyclic) bond motifs is 1. The topological polar surface area (TPSA) is 17.1 Å². The van der Waals surface area contributed by atoms with Crippen LogP contribution in [0.5, 0.6) is 0 Å². The van der Waals surface area contributed by atoms with Crippen LogP contribution in [0, 0.1) is 0 Å². The molecule has 0 saturated carbocycles. The van der Waals surface area contributed by atoms with Crippen LogP contribution in [0.1, 0.15) is 10.4 Å². The molecule has 0 aliphatic carbocycles. The Bertz CT molecular complexity index is 623. The molecule has 2 aromatic rings. The normalized spacial score (nSPS) is 15.0. The van der Waals surface area contributed by atoms with E-state index in [-0.39, 0.29) is 5.78 Å². The van der Waals surface area contributed by atoms with Gasteiger partial charge in [-0.25, -0.2) is 0 Å². The molecule has 2 aromatic carbocycles. The van der Waals surface area contributed by atoms with Crippen LogP contribution in [0.2, 0.25) is 0 Å². The third-order valence-corrected chi connectivity index (χ3v) is 5.44. The minimum Gasteiger partial charge on any atom is -0.289 e. The van der Waals surface area contributed by atoms with E-state index in [0.29, 0.717) is 0 Å². The van der Waals surface area contributed by atoms with Crippen molar-refractivity contribution in [1.29, 1.82) is 0 Å². The van der Waals surface area contributed by atoms with E-state index in [1.165, 1.54) is 5.39 Å². The smallest absolute Gasteiger partial charge is 0.187 e. The molecule has 0 N–H and O–H groups in total. The maximum Gasteiger partial charge on any atom is 0.187 e.